The van der Waals surface area contributed by atoms with Gasteiger partial charge in [0.25, 0.3) is 0 Å². The van der Waals surface area contributed by atoms with Gasteiger partial charge in [-0.25, -0.2) is 9.97 Å². The predicted octanol–water partition coefficient (Wildman–Crippen LogP) is 2.46. The highest BCUT2D eigenvalue weighted by Gasteiger charge is 2.18. The Labute approximate surface area is 123 Å². The van der Waals surface area contributed by atoms with Crippen LogP contribution < -0.4 is 0 Å². The summed E-state index contributed by atoms with van der Waals surface area (Å²) in [6.45, 7) is 5.07. The molecule has 2 aromatic heterocycles. The summed E-state index contributed by atoms with van der Waals surface area (Å²) in [6.07, 6.45) is 8.82. The molecule has 0 saturated heterocycles. The molecule has 0 aromatic carbocycles. The van der Waals surface area contributed by atoms with Crippen LogP contribution in [0, 0.1) is 6.92 Å². The van der Waals surface area contributed by atoms with Crippen LogP contribution in [0.4, 0.5) is 0 Å². The van der Waals surface area contributed by atoms with Gasteiger partial charge in [0.15, 0.2) is 5.16 Å². The predicted molar refractivity (Wildman–Crippen MR) is 80.6 cm³/mol. The van der Waals surface area contributed by atoms with E-state index in [0.717, 1.165) is 31.2 Å². The second kappa shape index (κ2) is 5.89. The van der Waals surface area contributed by atoms with Crippen molar-refractivity contribution in [3.63, 3.8) is 0 Å². The molecular weight excluding hydrogens is 268 g/mol. The highest BCUT2D eigenvalue weighted by atomic mass is 32.2. The highest BCUT2D eigenvalue weighted by molar-refractivity contribution is 7.98. The van der Waals surface area contributed by atoms with Crippen LogP contribution in [0.2, 0.25) is 0 Å². The first kappa shape index (κ1) is 13.5. The van der Waals surface area contributed by atoms with Crippen molar-refractivity contribution in [3.8, 4) is 0 Å². The molecule has 0 aliphatic carbocycles. The maximum absolute atomic E-state index is 4.60. The largest absolute Gasteiger partial charge is 0.294 e. The first-order valence-electron chi connectivity index (χ1n) is 6.77. The quantitative estimate of drug-likeness (QED) is 0.640. The number of aryl methyl sites for hydroxylation is 1. The number of fused-ring (bicyclic) bond motifs is 1. The minimum absolute atomic E-state index is 0.875. The van der Waals surface area contributed by atoms with Crippen molar-refractivity contribution in [2.45, 2.75) is 31.6 Å². The van der Waals surface area contributed by atoms with Crippen LogP contribution in [0.3, 0.4) is 0 Å². The van der Waals surface area contributed by atoms with Gasteiger partial charge in [-0.2, -0.15) is 0 Å². The zero-order chi connectivity index (χ0) is 13.9. The molecule has 104 valence electrons. The molecule has 20 heavy (non-hydrogen) atoms. The second-order valence-corrected chi connectivity index (χ2v) is 5.86. The fraction of sp³-hybridized carbons (Fsp3) is 0.400. The third-order valence-corrected chi connectivity index (χ3v) is 4.28. The zero-order valence-electron chi connectivity index (χ0n) is 11.8. The normalized spacial score (nSPS) is 15.1. The molecule has 0 amide bonds. The lowest BCUT2D eigenvalue weighted by molar-refractivity contribution is 0.241. The van der Waals surface area contributed by atoms with Gasteiger partial charge >= 0.3 is 0 Å². The van der Waals surface area contributed by atoms with Crippen LogP contribution in [0.1, 0.15) is 22.4 Å². The summed E-state index contributed by atoms with van der Waals surface area (Å²) in [6, 6.07) is 2.07. The summed E-state index contributed by atoms with van der Waals surface area (Å²) in [5.41, 5.74) is 5.08. The Morgan fingerprint density at radius 1 is 1.35 bits per heavy atom. The number of hydrogen-bond donors (Lipinski definition) is 0. The Morgan fingerprint density at radius 3 is 3.05 bits per heavy atom. The Bertz CT molecular complexity index is 615. The van der Waals surface area contributed by atoms with Crippen molar-refractivity contribution >= 4 is 11.8 Å². The summed E-state index contributed by atoms with van der Waals surface area (Å²) in [4.78, 5) is 15.6. The summed E-state index contributed by atoms with van der Waals surface area (Å²) in [5.74, 6) is 0. The monoisotopic (exact) mass is 286 g/mol. The fourth-order valence-corrected chi connectivity index (χ4v) is 2.85. The van der Waals surface area contributed by atoms with Gasteiger partial charge < -0.3 is 0 Å². The Hall–Kier alpha value is -1.46. The van der Waals surface area contributed by atoms with E-state index in [2.05, 4.69) is 32.8 Å². The average Bonchev–Trinajstić information content (AvgIpc) is 2.49. The van der Waals surface area contributed by atoms with Crippen LogP contribution in [0.25, 0.3) is 0 Å². The molecular formula is C15H18N4S. The SMILES string of the molecule is CSc1ncc2c(n1)CCN(Cc1cnccc1C)C2. The van der Waals surface area contributed by atoms with Gasteiger partial charge in [-0.05, 0) is 30.4 Å². The second-order valence-electron chi connectivity index (χ2n) is 5.09. The van der Waals surface area contributed by atoms with Crippen LogP contribution in [0.5, 0.6) is 0 Å². The van der Waals surface area contributed by atoms with E-state index < -0.39 is 0 Å². The van der Waals surface area contributed by atoms with E-state index in [4.69, 9.17) is 0 Å². The minimum Gasteiger partial charge on any atom is -0.294 e. The minimum atomic E-state index is 0.875. The molecule has 0 spiro atoms. The van der Waals surface area contributed by atoms with Crippen LogP contribution in [-0.4, -0.2) is 32.7 Å². The topological polar surface area (TPSA) is 41.9 Å². The first-order valence-corrected chi connectivity index (χ1v) is 7.99. The van der Waals surface area contributed by atoms with E-state index in [1.54, 1.807) is 11.8 Å². The molecule has 3 heterocycles. The lowest BCUT2D eigenvalue weighted by Crippen LogP contribution is -2.31. The first-order chi connectivity index (χ1) is 9.76. The Morgan fingerprint density at radius 2 is 2.25 bits per heavy atom. The summed E-state index contributed by atoms with van der Waals surface area (Å²) < 4.78 is 0. The summed E-state index contributed by atoms with van der Waals surface area (Å²) >= 11 is 1.60. The molecule has 4 nitrogen and oxygen atoms in total. The molecule has 2 aromatic rings. The van der Waals surface area contributed by atoms with Crippen LogP contribution in [-0.2, 0) is 19.5 Å². The van der Waals surface area contributed by atoms with Crippen molar-refractivity contribution < 1.29 is 0 Å². The molecule has 3 rings (SSSR count). The van der Waals surface area contributed by atoms with E-state index in [1.807, 2.05) is 24.8 Å². The molecule has 0 N–H and O–H groups in total. The third kappa shape index (κ3) is 2.83. The number of thioether (sulfide) groups is 1. The number of aromatic nitrogens is 3. The molecule has 1 aliphatic heterocycles. The van der Waals surface area contributed by atoms with E-state index >= 15 is 0 Å². The molecule has 0 unspecified atom stereocenters. The molecule has 0 saturated carbocycles. The number of rotatable bonds is 3. The van der Waals surface area contributed by atoms with E-state index in [0.29, 0.717) is 0 Å². The van der Waals surface area contributed by atoms with Gasteiger partial charge in [-0.3, -0.25) is 9.88 Å². The smallest absolute Gasteiger partial charge is 0.187 e. The van der Waals surface area contributed by atoms with Gasteiger partial charge in [-0.15, -0.1) is 0 Å². The number of nitrogens with zero attached hydrogens (tertiary/aromatic N) is 4. The van der Waals surface area contributed by atoms with Crippen molar-refractivity contribution in [1.82, 2.24) is 19.9 Å². The third-order valence-electron chi connectivity index (χ3n) is 3.71. The van der Waals surface area contributed by atoms with Gasteiger partial charge in [-0.1, -0.05) is 11.8 Å². The zero-order valence-corrected chi connectivity index (χ0v) is 12.7. The molecule has 1 aliphatic rings. The lowest BCUT2D eigenvalue weighted by atomic mass is 10.1. The number of hydrogen-bond acceptors (Lipinski definition) is 5. The van der Waals surface area contributed by atoms with E-state index in [1.165, 1.54) is 22.4 Å². The van der Waals surface area contributed by atoms with E-state index in [9.17, 15) is 0 Å². The lowest BCUT2D eigenvalue weighted by Gasteiger charge is -2.28. The molecule has 0 fully saturated rings. The van der Waals surface area contributed by atoms with Crippen LogP contribution in [0.15, 0.2) is 29.8 Å². The molecule has 5 heteroatoms. The standard InChI is InChI=1S/C15H18N4S/c1-11-3-5-16-7-12(11)9-19-6-4-14-13(10-19)8-17-15(18-14)20-2/h3,5,7-8H,4,6,9-10H2,1-2H3. The molecule has 0 bridgehead atoms. The molecule has 0 atom stereocenters. The molecule has 0 radical (unpaired) electrons. The Kier molecular flexibility index (Phi) is 3.98. The summed E-state index contributed by atoms with van der Waals surface area (Å²) in [7, 11) is 0. The Balaban J connectivity index is 1.74. The van der Waals surface area contributed by atoms with Gasteiger partial charge in [0, 0.05) is 50.2 Å². The van der Waals surface area contributed by atoms with Gasteiger partial charge in [0.2, 0.25) is 0 Å². The maximum Gasteiger partial charge on any atom is 0.187 e. The average molecular weight is 286 g/mol. The van der Waals surface area contributed by atoms with Crippen molar-refractivity contribution in [2.24, 2.45) is 0 Å². The fourth-order valence-electron chi connectivity index (χ4n) is 2.49. The van der Waals surface area contributed by atoms with Crippen molar-refractivity contribution in [2.75, 3.05) is 12.8 Å². The van der Waals surface area contributed by atoms with E-state index in [-0.39, 0.29) is 0 Å². The van der Waals surface area contributed by atoms with Crippen molar-refractivity contribution in [1.29, 1.82) is 0 Å². The summed E-state index contributed by atoms with van der Waals surface area (Å²) in [5, 5.41) is 0.875. The van der Waals surface area contributed by atoms with Gasteiger partial charge in [0.05, 0.1) is 5.69 Å². The van der Waals surface area contributed by atoms with Crippen LogP contribution >= 0.6 is 11.8 Å². The number of pyridine rings is 1. The highest BCUT2D eigenvalue weighted by Crippen LogP contribution is 2.21. The van der Waals surface area contributed by atoms with Crippen molar-refractivity contribution in [3.05, 3.63) is 47.0 Å². The maximum atomic E-state index is 4.60. The van der Waals surface area contributed by atoms with Gasteiger partial charge in [0.1, 0.15) is 0 Å².